The van der Waals surface area contributed by atoms with Crippen LogP contribution < -0.4 is 0 Å². The van der Waals surface area contributed by atoms with Crippen molar-refractivity contribution in [2.24, 2.45) is 0 Å². The van der Waals surface area contributed by atoms with E-state index in [9.17, 15) is 4.79 Å². The minimum atomic E-state index is -0.340. The molecule has 62 valence electrons. The van der Waals surface area contributed by atoms with Gasteiger partial charge in [0.25, 0.3) is 0 Å². The van der Waals surface area contributed by atoms with Crippen LogP contribution in [0.1, 0.15) is 13.8 Å². The Kier molecular flexibility index (Phi) is 5.01. The van der Waals surface area contributed by atoms with E-state index in [1.54, 1.807) is 4.90 Å². The van der Waals surface area contributed by atoms with E-state index >= 15 is 0 Å². The third-order valence-corrected chi connectivity index (χ3v) is 1.30. The standard InChI is InChI=1S/C8H13NO2/c1-4-7-11-8(10)9(5-2)6-3/h1H,5-7H2,2-3H3. The summed E-state index contributed by atoms with van der Waals surface area (Å²) in [5.74, 6) is 2.23. The van der Waals surface area contributed by atoms with E-state index in [1.165, 1.54) is 0 Å². The molecule has 0 aliphatic rings. The van der Waals surface area contributed by atoms with Crippen molar-refractivity contribution in [1.82, 2.24) is 4.90 Å². The normalized spacial score (nSPS) is 8.45. The second kappa shape index (κ2) is 5.60. The minimum absolute atomic E-state index is 0.0509. The van der Waals surface area contributed by atoms with E-state index < -0.39 is 0 Å². The van der Waals surface area contributed by atoms with E-state index in [-0.39, 0.29) is 12.7 Å². The highest BCUT2D eigenvalue weighted by Gasteiger charge is 2.08. The summed E-state index contributed by atoms with van der Waals surface area (Å²) in [4.78, 5) is 12.5. The molecule has 3 heteroatoms. The highest BCUT2D eigenvalue weighted by Crippen LogP contribution is 1.91. The molecule has 0 aromatic rings. The quantitative estimate of drug-likeness (QED) is 0.571. The van der Waals surface area contributed by atoms with Gasteiger partial charge in [-0.25, -0.2) is 4.79 Å². The smallest absolute Gasteiger partial charge is 0.410 e. The van der Waals surface area contributed by atoms with Crippen LogP contribution in [0, 0.1) is 12.3 Å². The number of terminal acetylenes is 1. The summed E-state index contributed by atoms with van der Waals surface area (Å²) in [6, 6.07) is 0. The van der Waals surface area contributed by atoms with Gasteiger partial charge in [-0.1, -0.05) is 5.92 Å². The third-order valence-electron chi connectivity index (χ3n) is 1.30. The maximum atomic E-state index is 11.0. The summed E-state index contributed by atoms with van der Waals surface area (Å²) >= 11 is 0. The summed E-state index contributed by atoms with van der Waals surface area (Å²) in [5, 5.41) is 0. The molecule has 1 amide bonds. The van der Waals surface area contributed by atoms with Crippen LogP contribution in [0.15, 0.2) is 0 Å². The number of rotatable bonds is 3. The molecule has 0 fully saturated rings. The van der Waals surface area contributed by atoms with Crippen molar-refractivity contribution in [2.75, 3.05) is 19.7 Å². The maximum absolute atomic E-state index is 11.0. The average molecular weight is 155 g/mol. The van der Waals surface area contributed by atoms with Crippen LogP contribution in [0.2, 0.25) is 0 Å². The third kappa shape index (κ3) is 3.51. The summed E-state index contributed by atoms with van der Waals surface area (Å²) in [7, 11) is 0. The van der Waals surface area contributed by atoms with Crippen molar-refractivity contribution in [3.05, 3.63) is 0 Å². The molecule has 0 radical (unpaired) electrons. The summed E-state index contributed by atoms with van der Waals surface area (Å²) < 4.78 is 4.69. The molecule has 0 aliphatic heterocycles. The van der Waals surface area contributed by atoms with Crippen LogP contribution in [0.4, 0.5) is 4.79 Å². The van der Waals surface area contributed by atoms with Gasteiger partial charge in [-0.15, -0.1) is 6.42 Å². The molecule has 0 aromatic carbocycles. The van der Waals surface area contributed by atoms with Gasteiger partial charge in [0.05, 0.1) is 0 Å². The molecule has 0 bridgehead atoms. The van der Waals surface area contributed by atoms with E-state index in [1.807, 2.05) is 13.8 Å². The Morgan fingerprint density at radius 3 is 2.45 bits per heavy atom. The van der Waals surface area contributed by atoms with Crippen molar-refractivity contribution < 1.29 is 9.53 Å². The largest absolute Gasteiger partial charge is 0.436 e. The van der Waals surface area contributed by atoms with Gasteiger partial charge >= 0.3 is 6.09 Å². The Morgan fingerprint density at radius 1 is 1.55 bits per heavy atom. The molecule has 0 rings (SSSR count). The molecule has 0 aliphatic carbocycles. The van der Waals surface area contributed by atoms with Gasteiger partial charge in [0.15, 0.2) is 6.61 Å². The highest BCUT2D eigenvalue weighted by atomic mass is 16.6. The van der Waals surface area contributed by atoms with Crippen molar-refractivity contribution in [3.63, 3.8) is 0 Å². The summed E-state index contributed by atoms with van der Waals surface area (Å²) in [6.45, 7) is 5.14. The monoisotopic (exact) mass is 155 g/mol. The van der Waals surface area contributed by atoms with Gasteiger partial charge in [-0.05, 0) is 13.8 Å². The first-order valence-corrected chi connectivity index (χ1v) is 3.61. The van der Waals surface area contributed by atoms with E-state index in [4.69, 9.17) is 6.42 Å². The van der Waals surface area contributed by atoms with Gasteiger partial charge in [0.1, 0.15) is 0 Å². The van der Waals surface area contributed by atoms with Gasteiger partial charge in [0.2, 0.25) is 0 Å². The maximum Gasteiger partial charge on any atom is 0.410 e. The molecule has 0 N–H and O–H groups in total. The average Bonchev–Trinajstić information content (AvgIpc) is 2.03. The van der Waals surface area contributed by atoms with E-state index in [2.05, 4.69) is 10.7 Å². The molecule has 0 saturated heterocycles. The van der Waals surface area contributed by atoms with E-state index in [0.717, 1.165) is 0 Å². The fourth-order valence-corrected chi connectivity index (χ4v) is 0.676. The lowest BCUT2D eigenvalue weighted by Crippen LogP contribution is -2.31. The number of hydrogen-bond acceptors (Lipinski definition) is 2. The molecule has 0 spiro atoms. The zero-order chi connectivity index (χ0) is 8.69. The first kappa shape index (κ1) is 9.83. The Balaban J connectivity index is 3.72. The number of carbonyl (C=O) groups excluding carboxylic acids is 1. The minimum Gasteiger partial charge on any atom is -0.436 e. The summed E-state index contributed by atoms with van der Waals surface area (Å²) in [5.41, 5.74) is 0. The lowest BCUT2D eigenvalue weighted by molar-refractivity contribution is 0.118. The predicted octanol–water partition coefficient (Wildman–Crippen LogP) is 1.10. The Morgan fingerprint density at radius 2 is 2.09 bits per heavy atom. The van der Waals surface area contributed by atoms with Crippen LogP contribution in [-0.4, -0.2) is 30.7 Å². The van der Waals surface area contributed by atoms with Crippen molar-refractivity contribution in [3.8, 4) is 12.3 Å². The Labute approximate surface area is 67.3 Å². The van der Waals surface area contributed by atoms with Crippen LogP contribution in [0.3, 0.4) is 0 Å². The number of ether oxygens (including phenoxy) is 1. The zero-order valence-electron chi connectivity index (χ0n) is 6.96. The van der Waals surface area contributed by atoms with E-state index in [0.29, 0.717) is 13.1 Å². The SMILES string of the molecule is C#CCOC(=O)N(CC)CC. The van der Waals surface area contributed by atoms with Crippen LogP contribution in [0.5, 0.6) is 0 Å². The molecular formula is C8H13NO2. The van der Waals surface area contributed by atoms with Gasteiger partial charge in [-0.2, -0.15) is 0 Å². The first-order valence-electron chi connectivity index (χ1n) is 3.61. The number of hydrogen-bond donors (Lipinski definition) is 0. The Hall–Kier alpha value is -1.17. The first-order chi connectivity index (χ1) is 5.26. The van der Waals surface area contributed by atoms with Crippen LogP contribution in [-0.2, 0) is 4.74 Å². The molecule has 0 aromatic heterocycles. The lowest BCUT2D eigenvalue weighted by Gasteiger charge is -2.16. The molecular weight excluding hydrogens is 142 g/mol. The van der Waals surface area contributed by atoms with Crippen molar-refractivity contribution in [2.45, 2.75) is 13.8 Å². The molecule has 0 saturated carbocycles. The second-order valence-corrected chi connectivity index (χ2v) is 1.93. The number of nitrogens with zero attached hydrogens (tertiary/aromatic N) is 1. The number of amides is 1. The van der Waals surface area contributed by atoms with Crippen LogP contribution >= 0.6 is 0 Å². The predicted molar refractivity (Wildman–Crippen MR) is 43.1 cm³/mol. The fourth-order valence-electron chi connectivity index (χ4n) is 0.676. The van der Waals surface area contributed by atoms with Gasteiger partial charge < -0.3 is 9.64 Å². The lowest BCUT2D eigenvalue weighted by atomic mass is 10.5. The van der Waals surface area contributed by atoms with Crippen molar-refractivity contribution >= 4 is 6.09 Å². The molecule has 0 heterocycles. The van der Waals surface area contributed by atoms with Crippen LogP contribution in [0.25, 0.3) is 0 Å². The highest BCUT2D eigenvalue weighted by molar-refractivity contribution is 5.67. The van der Waals surface area contributed by atoms with Gasteiger partial charge in [0, 0.05) is 13.1 Å². The van der Waals surface area contributed by atoms with Gasteiger partial charge in [-0.3, -0.25) is 0 Å². The summed E-state index contributed by atoms with van der Waals surface area (Å²) in [6.07, 6.45) is 4.57. The fraction of sp³-hybridized carbons (Fsp3) is 0.625. The molecule has 3 nitrogen and oxygen atoms in total. The molecule has 0 atom stereocenters. The van der Waals surface area contributed by atoms with Crippen molar-refractivity contribution in [1.29, 1.82) is 0 Å². The number of carbonyl (C=O) groups is 1. The molecule has 0 unspecified atom stereocenters. The topological polar surface area (TPSA) is 29.5 Å². The zero-order valence-corrected chi connectivity index (χ0v) is 6.96. The Bertz CT molecular complexity index is 156. The molecule has 11 heavy (non-hydrogen) atoms. The second-order valence-electron chi connectivity index (χ2n) is 1.93.